The van der Waals surface area contributed by atoms with Crippen molar-refractivity contribution < 1.29 is 26.3 Å². The van der Waals surface area contributed by atoms with E-state index in [9.17, 15) is 35.9 Å². The maximum absolute atomic E-state index is 12.6. The minimum atomic E-state index is -4.69. The molecule has 0 fully saturated rings. The monoisotopic (exact) mass is 1010 g/mol. The summed E-state index contributed by atoms with van der Waals surface area (Å²) in [6.45, 7) is 1.83. The first kappa shape index (κ1) is 50.8. The van der Waals surface area contributed by atoms with Crippen molar-refractivity contribution in [3.8, 4) is 0 Å². The quantitative estimate of drug-likeness (QED) is 0.0204. The number of hydrogen-bond acceptors (Lipinski definition) is 10. The molecule has 0 amide bonds. The zero-order valence-corrected chi connectivity index (χ0v) is 35.5. The standard InChI is InChI=1S/C11H6Cl2F3N3OS.C6H4BrCl2N.C6H5Cl2N.C5H3F3N2OS.BHNS/c12-6-1-2-17-9(13)5(6)4-21-10-18-7(11(14,15)16)3-8(20)19-10;7-3-4-5(8)1-2-10-6(4)9;1-4-5(7)2-3-9-6(4)8;6-5(7,8)2-1-3(11)10-4(12)9-2;1-2-3/h1-3H,4H2,(H,18,19,20);1-2H,3H2;2-3H,1H3;1H,(H2,9,10,11,12);3H. The molecule has 0 saturated carbocycles. The molecule has 0 aliphatic rings. The molecule has 295 valence electrons. The van der Waals surface area contributed by atoms with Crippen LogP contribution in [0, 0.1) is 11.7 Å². The fourth-order valence-electron chi connectivity index (χ4n) is 3.04. The number of aromatic amines is 3. The third-order valence-corrected chi connectivity index (χ3v) is 9.35. The molecule has 0 spiro atoms. The van der Waals surface area contributed by atoms with Gasteiger partial charge in [0.05, 0.1) is 0 Å². The predicted octanol–water partition coefficient (Wildman–Crippen LogP) is 11.4. The summed E-state index contributed by atoms with van der Waals surface area (Å²) in [5, 5.41) is 3.18. The molecule has 27 heteroatoms. The number of halogens is 13. The SMILES string of the molecule is Cc1c(Cl)ccnc1Cl.Clc1ccnc(Cl)c1CBr.O=c1cc(C(F)(F)F)[nH]c(=S)[nH]1.O=c1cc(C(F)(F)F)nc(SCc2c(Cl)ccnc2Cl)[nH]1.[B]=NS. The van der Waals surface area contributed by atoms with Crippen molar-refractivity contribution in [1.29, 1.82) is 0 Å². The Hall–Kier alpha value is -2.21. The van der Waals surface area contributed by atoms with Gasteiger partial charge in [0, 0.05) is 73.6 Å². The van der Waals surface area contributed by atoms with Gasteiger partial charge in [-0.2, -0.15) is 26.3 Å². The van der Waals surface area contributed by atoms with Crippen molar-refractivity contribution >= 4 is 130 Å². The molecule has 0 aliphatic heterocycles. The van der Waals surface area contributed by atoms with Crippen LogP contribution in [0.4, 0.5) is 26.3 Å². The fraction of sp³-hybridized carbons (Fsp3) is 0.179. The predicted molar refractivity (Wildman–Crippen MR) is 214 cm³/mol. The number of thioether (sulfide) groups is 1. The van der Waals surface area contributed by atoms with Crippen molar-refractivity contribution in [2.45, 2.75) is 35.5 Å². The van der Waals surface area contributed by atoms with Crippen LogP contribution >= 0.6 is 122 Å². The molecule has 0 saturated heterocycles. The number of aromatic nitrogens is 7. The Bertz CT molecular complexity index is 2130. The van der Waals surface area contributed by atoms with Gasteiger partial charge in [-0.3, -0.25) is 14.6 Å². The normalized spacial score (nSPS) is 10.6. The Labute approximate surface area is 361 Å². The summed E-state index contributed by atoms with van der Waals surface area (Å²) in [4.78, 5) is 42.6. The van der Waals surface area contributed by atoms with Gasteiger partial charge >= 0.3 is 37.1 Å². The van der Waals surface area contributed by atoms with Crippen LogP contribution in [0.25, 0.3) is 0 Å². The molecule has 10 nitrogen and oxygen atoms in total. The van der Waals surface area contributed by atoms with Crippen LogP contribution in [0.5, 0.6) is 0 Å². The first-order valence-electron chi connectivity index (χ1n) is 13.7. The Morgan fingerprint density at radius 2 is 1.27 bits per heavy atom. The number of pyridine rings is 3. The molecule has 5 rings (SSSR count). The molecule has 0 atom stereocenters. The van der Waals surface area contributed by atoms with E-state index in [0.29, 0.717) is 48.4 Å². The van der Waals surface area contributed by atoms with Gasteiger partial charge in [-0.15, -0.1) is 0 Å². The number of thiol groups is 1. The number of hydrogen-bond donors (Lipinski definition) is 4. The van der Waals surface area contributed by atoms with E-state index < -0.39 is 34.9 Å². The number of nitrogens with zero attached hydrogens (tertiary/aromatic N) is 5. The number of nitrogens with one attached hydrogen (secondary N) is 3. The fourth-order valence-corrected chi connectivity index (χ4v) is 6.53. The zero-order chi connectivity index (χ0) is 42.1. The van der Waals surface area contributed by atoms with Crippen LogP contribution < -0.4 is 11.1 Å². The van der Waals surface area contributed by atoms with Gasteiger partial charge < -0.3 is 9.97 Å². The Morgan fingerprint density at radius 1 is 0.800 bits per heavy atom. The molecule has 5 heterocycles. The summed E-state index contributed by atoms with van der Waals surface area (Å²) < 4.78 is 75.8. The van der Waals surface area contributed by atoms with Gasteiger partial charge in [0.2, 0.25) is 0 Å². The minimum absolute atomic E-state index is 0.121. The summed E-state index contributed by atoms with van der Waals surface area (Å²) in [6.07, 6.45) is -4.69. The molecule has 0 aromatic carbocycles. The third-order valence-electron chi connectivity index (χ3n) is 5.53. The summed E-state index contributed by atoms with van der Waals surface area (Å²) in [6, 6.07) is 5.74. The molecule has 5 aromatic rings. The Morgan fingerprint density at radius 3 is 1.67 bits per heavy atom. The molecule has 0 bridgehead atoms. The van der Waals surface area contributed by atoms with Crippen molar-refractivity contribution in [2.75, 3.05) is 0 Å². The molecule has 3 N–H and O–H groups in total. The van der Waals surface area contributed by atoms with E-state index in [2.05, 4.69) is 77.8 Å². The van der Waals surface area contributed by atoms with E-state index in [1.54, 1.807) is 24.5 Å². The maximum atomic E-state index is 12.6. The average Bonchev–Trinajstić information content (AvgIpc) is 3.07. The van der Waals surface area contributed by atoms with Crippen LogP contribution in [0.3, 0.4) is 0 Å². The first-order chi connectivity index (χ1) is 25.5. The molecule has 0 unspecified atom stereocenters. The summed E-state index contributed by atoms with van der Waals surface area (Å²) >= 11 is 46.2. The van der Waals surface area contributed by atoms with Crippen LogP contribution in [0.2, 0.25) is 30.5 Å². The third kappa shape index (κ3) is 18.7. The number of rotatable bonds is 4. The van der Waals surface area contributed by atoms with Gasteiger partial charge in [0.1, 0.15) is 21.2 Å². The topological polar surface area (TPSA) is 145 Å². The molecule has 5 aromatic heterocycles. The number of H-pyrrole nitrogens is 3. The second-order valence-electron chi connectivity index (χ2n) is 9.30. The van der Waals surface area contributed by atoms with E-state index in [1.807, 2.05) is 16.9 Å². The van der Waals surface area contributed by atoms with Crippen LogP contribution in [0.15, 0.2) is 68.0 Å². The zero-order valence-electron chi connectivity index (χ0n) is 26.8. The van der Waals surface area contributed by atoms with Gasteiger partial charge in [-0.05, 0) is 37.3 Å². The molecular formula is C28H19BBrCl6F6N8O2S3. The number of alkyl halides is 7. The van der Waals surface area contributed by atoms with E-state index in [-0.39, 0.29) is 20.8 Å². The molecular weight excluding hydrogens is 994 g/mol. The summed E-state index contributed by atoms with van der Waals surface area (Å²) in [5.74, 6) is 0.121. The van der Waals surface area contributed by atoms with Crippen molar-refractivity contribution in [1.82, 2.24) is 34.9 Å². The van der Waals surface area contributed by atoms with Gasteiger partial charge in [-0.1, -0.05) is 97.3 Å². The Kier molecular flexibility index (Phi) is 22.7. The van der Waals surface area contributed by atoms with Gasteiger partial charge in [0.25, 0.3) is 11.1 Å². The van der Waals surface area contributed by atoms with E-state index >= 15 is 0 Å². The summed E-state index contributed by atoms with van der Waals surface area (Å²) in [7, 11) is 4.34. The van der Waals surface area contributed by atoms with Crippen LogP contribution in [-0.2, 0) is 23.4 Å². The van der Waals surface area contributed by atoms with Gasteiger partial charge in [-0.25, -0.2) is 19.9 Å². The summed E-state index contributed by atoms with van der Waals surface area (Å²) in [5.41, 5.74) is -2.03. The van der Waals surface area contributed by atoms with Gasteiger partial charge in [0.15, 0.2) is 15.6 Å². The first-order valence-corrected chi connectivity index (χ1v) is 18.9. The van der Waals surface area contributed by atoms with Crippen molar-refractivity contribution in [3.05, 3.63) is 133 Å². The molecule has 1 radical (unpaired) electrons. The second kappa shape index (κ2) is 24.5. The molecule has 55 heavy (non-hydrogen) atoms. The van der Waals surface area contributed by atoms with Crippen LogP contribution in [0.1, 0.15) is 28.1 Å². The second-order valence-corrected chi connectivity index (χ2v) is 13.8. The average molecular weight is 1010 g/mol. The van der Waals surface area contributed by atoms with Crippen molar-refractivity contribution in [3.63, 3.8) is 0 Å². The van der Waals surface area contributed by atoms with Crippen molar-refractivity contribution in [2.24, 2.45) is 4.30 Å². The van der Waals surface area contributed by atoms with E-state index in [0.717, 1.165) is 22.9 Å². The van der Waals surface area contributed by atoms with E-state index in [4.69, 9.17) is 69.6 Å². The Balaban J connectivity index is 0.000000380. The van der Waals surface area contributed by atoms with E-state index in [1.165, 1.54) is 12.3 Å². The van der Waals surface area contributed by atoms with Crippen LogP contribution in [-0.4, -0.2) is 42.5 Å². The molecule has 0 aliphatic carbocycles.